The van der Waals surface area contributed by atoms with E-state index in [0.717, 1.165) is 10.2 Å². The second-order valence-corrected chi connectivity index (χ2v) is 9.92. The molecule has 0 spiro atoms. The number of nitrogens with one attached hydrogen (secondary N) is 1. The fourth-order valence-corrected chi connectivity index (χ4v) is 5.55. The highest BCUT2D eigenvalue weighted by molar-refractivity contribution is 7.89. The number of carbonyl (C=O) groups is 1. The molecule has 1 saturated heterocycles. The number of piperidine rings is 1. The Morgan fingerprint density at radius 2 is 1.86 bits per heavy atom. The summed E-state index contributed by atoms with van der Waals surface area (Å²) < 4.78 is 28.0. The first-order valence-corrected chi connectivity index (χ1v) is 11.5. The van der Waals surface area contributed by atoms with Gasteiger partial charge in [-0.2, -0.15) is 4.31 Å². The van der Waals surface area contributed by atoms with Gasteiger partial charge in [0, 0.05) is 29.7 Å². The summed E-state index contributed by atoms with van der Waals surface area (Å²) in [7, 11) is -3.57. The molecule has 146 valence electrons. The van der Waals surface area contributed by atoms with Crippen LogP contribution in [0, 0.1) is 5.92 Å². The van der Waals surface area contributed by atoms with Crippen molar-refractivity contribution in [2.24, 2.45) is 5.92 Å². The Balaban J connectivity index is 1.39. The lowest BCUT2D eigenvalue weighted by atomic mass is 9.97. The minimum atomic E-state index is -3.57. The van der Waals surface area contributed by atoms with E-state index in [4.69, 9.17) is 11.6 Å². The Bertz CT molecular complexity index is 1100. The summed E-state index contributed by atoms with van der Waals surface area (Å²) in [5.41, 5.74) is 3.33. The second-order valence-electron chi connectivity index (χ2n) is 6.66. The van der Waals surface area contributed by atoms with Gasteiger partial charge in [-0.3, -0.25) is 4.79 Å². The van der Waals surface area contributed by atoms with Crippen molar-refractivity contribution in [3.8, 4) is 0 Å². The predicted octanol–water partition coefficient (Wildman–Crippen LogP) is 3.99. The van der Waals surface area contributed by atoms with Gasteiger partial charge in [0.25, 0.3) is 0 Å². The molecule has 0 radical (unpaired) electrons. The van der Waals surface area contributed by atoms with Crippen molar-refractivity contribution in [2.75, 3.05) is 18.4 Å². The van der Waals surface area contributed by atoms with Gasteiger partial charge in [0.05, 0.1) is 20.6 Å². The summed E-state index contributed by atoms with van der Waals surface area (Å²) in [6.07, 6.45) is 0.967. The number of thiazole rings is 1. The molecule has 6 nitrogen and oxygen atoms in total. The van der Waals surface area contributed by atoms with Crippen molar-refractivity contribution in [3.05, 3.63) is 53.0 Å². The van der Waals surface area contributed by atoms with Crippen LogP contribution in [0.15, 0.2) is 52.9 Å². The van der Waals surface area contributed by atoms with Gasteiger partial charge in [0.1, 0.15) is 0 Å². The number of amides is 1. The van der Waals surface area contributed by atoms with Crippen LogP contribution in [0.25, 0.3) is 10.2 Å². The Kier molecular flexibility index (Phi) is 5.37. The molecule has 1 N–H and O–H groups in total. The Morgan fingerprint density at radius 3 is 2.57 bits per heavy atom. The average molecular weight is 436 g/mol. The van der Waals surface area contributed by atoms with Gasteiger partial charge in [-0.1, -0.05) is 11.6 Å². The summed E-state index contributed by atoms with van der Waals surface area (Å²) in [5.74, 6) is -0.305. The first-order chi connectivity index (χ1) is 13.4. The molecular weight excluding hydrogens is 418 g/mol. The van der Waals surface area contributed by atoms with E-state index in [9.17, 15) is 13.2 Å². The van der Waals surface area contributed by atoms with E-state index in [1.807, 2.05) is 18.2 Å². The number of sulfonamides is 1. The summed E-state index contributed by atoms with van der Waals surface area (Å²) >= 11 is 7.39. The molecule has 28 heavy (non-hydrogen) atoms. The Morgan fingerprint density at radius 1 is 1.14 bits per heavy atom. The number of rotatable bonds is 4. The number of anilines is 1. The zero-order valence-corrected chi connectivity index (χ0v) is 17.2. The minimum absolute atomic E-state index is 0.0851. The first-order valence-electron chi connectivity index (χ1n) is 8.83. The van der Waals surface area contributed by atoms with Crippen molar-refractivity contribution < 1.29 is 13.2 Å². The smallest absolute Gasteiger partial charge is 0.243 e. The fraction of sp³-hybridized carbons (Fsp3) is 0.263. The van der Waals surface area contributed by atoms with Crippen LogP contribution < -0.4 is 5.32 Å². The number of hydrogen-bond donors (Lipinski definition) is 1. The maximum absolute atomic E-state index is 12.7. The average Bonchev–Trinajstić information content (AvgIpc) is 3.16. The van der Waals surface area contributed by atoms with Crippen LogP contribution in [-0.2, 0) is 14.8 Å². The van der Waals surface area contributed by atoms with Gasteiger partial charge < -0.3 is 5.32 Å². The number of nitrogens with zero attached hydrogens (tertiary/aromatic N) is 2. The molecule has 1 fully saturated rings. The summed E-state index contributed by atoms with van der Waals surface area (Å²) in [6.45, 7) is 0.627. The van der Waals surface area contributed by atoms with E-state index in [1.54, 1.807) is 29.0 Å². The number of benzene rings is 2. The highest BCUT2D eigenvalue weighted by Crippen LogP contribution is 2.27. The van der Waals surface area contributed by atoms with Crippen LogP contribution in [0.1, 0.15) is 12.8 Å². The molecule has 0 bridgehead atoms. The van der Waals surface area contributed by atoms with Crippen molar-refractivity contribution in [3.63, 3.8) is 0 Å². The number of aromatic nitrogens is 1. The second kappa shape index (κ2) is 7.79. The van der Waals surface area contributed by atoms with Crippen LogP contribution in [0.2, 0.25) is 5.02 Å². The van der Waals surface area contributed by atoms with E-state index in [1.165, 1.54) is 16.4 Å². The van der Waals surface area contributed by atoms with Crippen LogP contribution >= 0.6 is 22.9 Å². The molecule has 0 aliphatic carbocycles. The van der Waals surface area contributed by atoms with Gasteiger partial charge in [0.15, 0.2) is 0 Å². The molecule has 4 rings (SSSR count). The van der Waals surface area contributed by atoms with Crippen molar-refractivity contribution in [1.29, 1.82) is 0 Å². The van der Waals surface area contributed by atoms with Crippen molar-refractivity contribution >= 4 is 54.8 Å². The maximum atomic E-state index is 12.7. The molecule has 0 atom stereocenters. The van der Waals surface area contributed by atoms with Gasteiger partial charge in [-0.25, -0.2) is 13.4 Å². The lowest BCUT2D eigenvalue weighted by Crippen LogP contribution is -2.41. The third kappa shape index (κ3) is 3.91. The lowest BCUT2D eigenvalue weighted by molar-refractivity contribution is -0.120. The minimum Gasteiger partial charge on any atom is -0.326 e. The highest BCUT2D eigenvalue weighted by Gasteiger charge is 2.32. The number of halogens is 1. The van der Waals surface area contributed by atoms with E-state index >= 15 is 0 Å². The Labute approximate surface area is 172 Å². The van der Waals surface area contributed by atoms with E-state index < -0.39 is 10.0 Å². The maximum Gasteiger partial charge on any atom is 0.243 e. The van der Waals surface area contributed by atoms with Gasteiger partial charge in [-0.05, 0) is 55.3 Å². The van der Waals surface area contributed by atoms with E-state index in [0.29, 0.717) is 36.6 Å². The van der Waals surface area contributed by atoms with Crippen LogP contribution in [0.3, 0.4) is 0 Å². The molecule has 1 aliphatic heterocycles. The first kappa shape index (κ1) is 19.3. The highest BCUT2D eigenvalue weighted by atomic mass is 35.5. The lowest BCUT2D eigenvalue weighted by Gasteiger charge is -2.30. The monoisotopic (exact) mass is 435 g/mol. The molecule has 0 saturated carbocycles. The van der Waals surface area contributed by atoms with Gasteiger partial charge in [0.2, 0.25) is 15.9 Å². The molecule has 2 heterocycles. The third-order valence-electron chi connectivity index (χ3n) is 4.87. The van der Waals surface area contributed by atoms with Gasteiger partial charge in [-0.15, -0.1) is 11.3 Å². The summed E-state index contributed by atoms with van der Waals surface area (Å²) in [4.78, 5) is 17.1. The SMILES string of the molecule is O=C(Nc1ccc2scnc2c1)C1CCN(S(=O)(=O)c2ccc(Cl)cc2)CC1. The number of carbonyl (C=O) groups excluding carboxylic acids is 1. The molecule has 9 heteroatoms. The largest absolute Gasteiger partial charge is 0.326 e. The zero-order chi connectivity index (χ0) is 19.7. The fourth-order valence-electron chi connectivity index (χ4n) is 3.29. The molecule has 3 aromatic rings. The molecule has 2 aromatic carbocycles. The molecule has 1 aromatic heterocycles. The normalized spacial score (nSPS) is 16.3. The van der Waals surface area contributed by atoms with Crippen molar-refractivity contribution in [2.45, 2.75) is 17.7 Å². The van der Waals surface area contributed by atoms with Crippen LogP contribution in [-0.4, -0.2) is 36.7 Å². The molecule has 1 aliphatic rings. The molecule has 0 unspecified atom stereocenters. The van der Waals surface area contributed by atoms with Crippen molar-refractivity contribution in [1.82, 2.24) is 9.29 Å². The third-order valence-corrected chi connectivity index (χ3v) is 7.85. The van der Waals surface area contributed by atoms with E-state index in [-0.39, 0.29) is 16.7 Å². The topological polar surface area (TPSA) is 79.4 Å². The quantitative estimate of drug-likeness (QED) is 0.672. The number of fused-ring (bicyclic) bond motifs is 1. The molecular formula is C19H18ClN3O3S2. The summed E-state index contributed by atoms with van der Waals surface area (Å²) in [5, 5.41) is 3.42. The van der Waals surface area contributed by atoms with Crippen LogP contribution in [0.5, 0.6) is 0 Å². The van der Waals surface area contributed by atoms with Crippen LogP contribution in [0.4, 0.5) is 5.69 Å². The Hall–Kier alpha value is -2.00. The zero-order valence-electron chi connectivity index (χ0n) is 14.8. The predicted molar refractivity (Wildman–Crippen MR) is 111 cm³/mol. The number of hydrogen-bond acceptors (Lipinski definition) is 5. The van der Waals surface area contributed by atoms with E-state index in [2.05, 4.69) is 10.3 Å². The van der Waals surface area contributed by atoms with Gasteiger partial charge >= 0.3 is 0 Å². The summed E-state index contributed by atoms with van der Waals surface area (Å²) in [6, 6.07) is 11.8. The molecule has 1 amide bonds. The standard InChI is InChI=1S/C19H18ClN3O3S2/c20-14-1-4-16(5-2-14)28(25,26)23-9-7-13(8-10-23)19(24)22-15-3-6-18-17(11-15)21-12-27-18/h1-6,11-13H,7-10H2,(H,22,24).